The molecule has 9 rings (SSSR count). The van der Waals surface area contributed by atoms with Crippen LogP contribution < -0.4 is 18.9 Å². The lowest BCUT2D eigenvalue weighted by atomic mass is 10.1. The van der Waals surface area contributed by atoms with Gasteiger partial charge in [0, 0.05) is 34.6 Å². The van der Waals surface area contributed by atoms with Crippen molar-refractivity contribution in [2.24, 2.45) is 0 Å². The van der Waals surface area contributed by atoms with Crippen LogP contribution in [-0.4, -0.2) is 69.4 Å². The lowest BCUT2D eigenvalue weighted by molar-refractivity contribution is 0.0744. The average molecular weight is 783 g/mol. The molecule has 9 nitrogen and oxygen atoms in total. The Bertz CT molecular complexity index is 2050. The molecule has 5 heterocycles. The lowest BCUT2D eigenvalue weighted by Gasteiger charge is -2.14. The zero-order valence-electron chi connectivity index (χ0n) is 33.4. The molecule has 0 radical (unpaired) electrons. The predicted molar refractivity (Wildman–Crippen MR) is 230 cm³/mol. The molecule has 302 valence electrons. The first-order valence-corrected chi connectivity index (χ1v) is 20.6. The highest BCUT2D eigenvalue weighted by Gasteiger charge is 2.11. The van der Waals surface area contributed by atoms with E-state index in [0.717, 1.165) is 80.8 Å². The number of ether oxygens (including phenoxy) is 7. The van der Waals surface area contributed by atoms with E-state index >= 15 is 0 Å². The molecule has 6 aromatic rings. The third-order valence-electron chi connectivity index (χ3n) is 9.96. The molecule has 0 saturated carbocycles. The van der Waals surface area contributed by atoms with Gasteiger partial charge in [0.25, 0.3) is 0 Å². The maximum Gasteiger partial charge on any atom is 0.123 e. The fourth-order valence-electron chi connectivity index (χ4n) is 6.88. The highest BCUT2D eigenvalue weighted by molar-refractivity contribution is 6.04. The van der Waals surface area contributed by atoms with E-state index in [9.17, 15) is 0 Å². The maximum absolute atomic E-state index is 6.10. The van der Waals surface area contributed by atoms with Gasteiger partial charge in [0.2, 0.25) is 0 Å². The monoisotopic (exact) mass is 782 g/mol. The summed E-state index contributed by atoms with van der Waals surface area (Å²) in [6.45, 7) is 8.36. The fraction of sp³-hybridized carbons (Fsp3) is 0.347. The van der Waals surface area contributed by atoms with Crippen molar-refractivity contribution in [3.8, 4) is 45.5 Å². The molecule has 10 bridgehead atoms. The normalized spacial score (nSPS) is 14.1. The SMILES string of the molecule is C=CCCCCCCCCOCc1cc2cc(c1)OCCOCCOc1ccc(cc1)-c1ccc3ccc4ccc(nc4c3n1)-c1ccc(cc1)OCCOCCO2. The molecule has 0 atom stereocenters. The molecule has 0 saturated heterocycles. The van der Waals surface area contributed by atoms with E-state index in [4.69, 9.17) is 43.1 Å². The molecule has 0 fully saturated rings. The summed E-state index contributed by atoms with van der Waals surface area (Å²) in [5, 5.41) is 2.08. The van der Waals surface area contributed by atoms with Crippen molar-refractivity contribution >= 4 is 21.8 Å². The Morgan fingerprint density at radius 1 is 0.483 bits per heavy atom. The summed E-state index contributed by atoms with van der Waals surface area (Å²) in [4.78, 5) is 10.2. The third kappa shape index (κ3) is 12.0. The number of hydrogen-bond acceptors (Lipinski definition) is 9. The smallest absolute Gasteiger partial charge is 0.123 e. The van der Waals surface area contributed by atoms with Gasteiger partial charge in [-0.3, -0.25) is 0 Å². The number of benzene rings is 4. The van der Waals surface area contributed by atoms with E-state index in [2.05, 4.69) is 30.8 Å². The third-order valence-corrected chi connectivity index (χ3v) is 9.96. The topological polar surface area (TPSA) is 90.4 Å². The number of allylic oxidation sites excluding steroid dienone is 1. The maximum atomic E-state index is 6.10. The van der Waals surface area contributed by atoms with Gasteiger partial charge in [-0.25, -0.2) is 9.97 Å². The van der Waals surface area contributed by atoms with E-state index in [-0.39, 0.29) is 0 Å². The van der Waals surface area contributed by atoms with Crippen LogP contribution in [0.5, 0.6) is 23.0 Å². The van der Waals surface area contributed by atoms with Crippen LogP contribution in [-0.2, 0) is 20.8 Å². The Balaban J connectivity index is 0.987. The van der Waals surface area contributed by atoms with Gasteiger partial charge in [-0.15, -0.1) is 6.58 Å². The first-order chi connectivity index (χ1) is 28.7. The number of pyridine rings is 2. The summed E-state index contributed by atoms with van der Waals surface area (Å²) < 4.78 is 41.9. The fourth-order valence-corrected chi connectivity index (χ4v) is 6.88. The Kier molecular flexibility index (Phi) is 15.4. The standard InChI is InChI=1S/C49H54N2O7/c1-2-3-4-5-6-7-8-9-24-54-36-37-33-44-35-45(34-37)58-32-28-53-26-30-56-43-20-14-39(15-21-43)47-23-17-41-11-10-40-16-22-46(50-48(40)49(41)51-47)38-12-18-42(19-13-38)55-29-25-52-27-31-57-44/h2,10-23,33-35H,1,3-9,24-32,36H2. The second kappa shape index (κ2) is 21.9. The zero-order valence-corrected chi connectivity index (χ0v) is 33.4. The summed E-state index contributed by atoms with van der Waals surface area (Å²) in [5.41, 5.74) is 6.46. The first kappa shape index (κ1) is 40.7. The average Bonchev–Trinajstić information content (AvgIpc) is 3.26. The van der Waals surface area contributed by atoms with Crippen LogP contribution in [0.15, 0.2) is 116 Å². The highest BCUT2D eigenvalue weighted by atomic mass is 16.6. The Morgan fingerprint density at radius 3 is 1.43 bits per heavy atom. The molecule has 9 heteroatoms. The van der Waals surface area contributed by atoms with Gasteiger partial charge in [0.15, 0.2) is 0 Å². The number of rotatable bonds is 11. The van der Waals surface area contributed by atoms with Crippen molar-refractivity contribution in [2.75, 3.05) is 59.5 Å². The molecular formula is C49H54N2O7. The lowest BCUT2D eigenvalue weighted by Crippen LogP contribution is -2.13. The van der Waals surface area contributed by atoms with Crippen molar-refractivity contribution in [3.63, 3.8) is 0 Å². The van der Waals surface area contributed by atoms with E-state index in [1.165, 1.54) is 32.1 Å². The molecule has 0 amide bonds. The molecule has 0 aliphatic carbocycles. The molecule has 3 aliphatic rings. The van der Waals surface area contributed by atoms with E-state index in [1.807, 2.05) is 84.9 Å². The van der Waals surface area contributed by atoms with E-state index < -0.39 is 0 Å². The first-order valence-electron chi connectivity index (χ1n) is 20.6. The van der Waals surface area contributed by atoms with Gasteiger partial charge in [-0.1, -0.05) is 56.0 Å². The van der Waals surface area contributed by atoms with E-state index in [1.54, 1.807) is 0 Å². The van der Waals surface area contributed by atoms with Crippen molar-refractivity contribution in [3.05, 3.63) is 121 Å². The molecular weight excluding hydrogens is 729 g/mol. The number of nitrogens with zero attached hydrogens (tertiary/aromatic N) is 2. The number of hydrogen-bond donors (Lipinski definition) is 0. The van der Waals surface area contributed by atoms with Crippen LogP contribution in [0.25, 0.3) is 44.3 Å². The molecule has 2 aromatic heterocycles. The predicted octanol–water partition coefficient (Wildman–Crippen LogP) is 10.8. The highest BCUT2D eigenvalue weighted by Crippen LogP contribution is 2.30. The molecule has 0 unspecified atom stereocenters. The molecule has 3 aliphatic heterocycles. The molecule has 58 heavy (non-hydrogen) atoms. The summed E-state index contributed by atoms with van der Waals surface area (Å²) in [6.07, 6.45) is 10.4. The van der Waals surface area contributed by atoms with Crippen molar-refractivity contribution in [2.45, 2.75) is 51.6 Å². The van der Waals surface area contributed by atoms with Crippen LogP contribution in [0.4, 0.5) is 0 Å². The number of fused-ring (bicyclic) bond motifs is 2. The Hall–Kier alpha value is -5.48. The van der Waals surface area contributed by atoms with Gasteiger partial charge in [-0.05, 0) is 97.6 Å². The second-order valence-electron chi connectivity index (χ2n) is 14.3. The van der Waals surface area contributed by atoms with Crippen LogP contribution in [0.3, 0.4) is 0 Å². The quantitative estimate of drug-likeness (QED) is 0.0724. The summed E-state index contributed by atoms with van der Waals surface area (Å²) in [5.74, 6) is 2.95. The zero-order chi connectivity index (χ0) is 39.6. The van der Waals surface area contributed by atoms with Gasteiger partial charge < -0.3 is 33.2 Å². The largest absolute Gasteiger partial charge is 0.491 e. The van der Waals surface area contributed by atoms with Crippen LogP contribution in [0, 0.1) is 0 Å². The second-order valence-corrected chi connectivity index (χ2v) is 14.3. The summed E-state index contributed by atoms with van der Waals surface area (Å²) >= 11 is 0. The van der Waals surface area contributed by atoms with Gasteiger partial charge in [0.1, 0.15) is 49.4 Å². The molecule has 4 aromatic carbocycles. The van der Waals surface area contributed by atoms with Crippen molar-refractivity contribution < 1.29 is 33.2 Å². The van der Waals surface area contributed by atoms with Crippen LogP contribution in [0.2, 0.25) is 0 Å². The minimum absolute atomic E-state index is 0.391. The van der Waals surface area contributed by atoms with Crippen LogP contribution >= 0.6 is 0 Å². The van der Waals surface area contributed by atoms with Crippen molar-refractivity contribution in [1.82, 2.24) is 9.97 Å². The molecule has 0 spiro atoms. The summed E-state index contributed by atoms with van der Waals surface area (Å²) in [7, 11) is 0. The van der Waals surface area contributed by atoms with Gasteiger partial charge in [-0.2, -0.15) is 0 Å². The van der Waals surface area contributed by atoms with Crippen molar-refractivity contribution in [1.29, 1.82) is 0 Å². The van der Waals surface area contributed by atoms with Crippen LogP contribution in [0.1, 0.15) is 50.5 Å². The van der Waals surface area contributed by atoms with E-state index in [0.29, 0.717) is 71.0 Å². The Morgan fingerprint density at radius 2 is 0.931 bits per heavy atom. The minimum Gasteiger partial charge on any atom is -0.491 e. The number of aromatic nitrogens is 2. The van der Waals surface area contributed by atoms with Gasteiger partial charge in [0.05, 0.1) is 55.5 Å². The number of unbranched alkanes of at least 4 members (excludes halogenated alkanes) is 6. The molecule has 0 N–H and O–H groups in total. The Labute approximate surface area is 341 Å². The van der Waals surface area contributed by atoms with Gasteiger partial charge >= 0.3 is 0 Å². The summed E-state index contributed by atoms with van der Waals surface area (Å²) in [6, 6.07) is 34.4. The minimum atomic E-state index is 0.391.